The van der Waals surface area contributed by atoms with Gasteiger partial charge in [0, 0.05) is 12.0 Å². The van der Waals surface area contributed by atoms with Gasteiger partial charge in [0.1, 0.15) is 5.82 Å². The van der Waals surface area contributed by atoms with Crippen LogP contribution in [0.4, 0.5) is 10.3 Å². The number of nitrogens with zero attached hydrogens (tertiary/aromatic N) is 2. The molecule has 0 unspecified atom stereocenters. The van der Waals surface area contributed by atoms with Crippen molar-refractivity contribution in [3.05, 3.63) is 41.7 Å². The molecule has 1 aliphatic carbocycles. The second kappa shape index (κ2) is 9.14. The maximum Gasteiger partial charge on any atom is 0.235 e. The van der Waals surface area contributed by atoms with Crippen molar-refractivity contribution in [3.8, 4) is 11.8 Å². The number of aromatic nitrogens is 2. The van der Waals surface area contributed by atoms with Gasteiger partial charge in [0.2, 0.25) is 17.7 Å². The molecule has 8 heteroatoms. The van der Waals surface area contributed by atoms with E-state index in [-0.39, 0.29) is 11.2 Å². The van der Waals surface area contributed by atoms with E-state index in [2.05, 4.69) is 20.6 Å². The van der Waals surface area contributed by atoms with Crippen LogP contribution in [0.15, 0.2) is 30.3 Å². The fraction of sp³-hybridized carbons (Fsp3) is 0.450. The van der Waals surface area contributed by atoms with Gasteiger partial charge in [0.25, 0.3) is 0 Å². The summed E-state index contributed by atoms with van der Waals surface area (Å²) in [6.45, 7) is 0.658. The Hall–Kier alpha value is -2.48. The Labute approximate surface area is 169 Å². The van der Waals surface area contributed by atoms with Crippen LogP contribution in [-0.2, 0) is 5.41 Å². The molecule has 0 spiro atoms. The van der Waals surface area contributed by atoms with E-state index in [0.29, 0.717) is 29.4 Å². The monoisotopic (exact) mass is 404 g/mol. The fourth-order valence-electron chi connectivity index (χ4n) is 3.66. The number of benzene rings is 1. The standard InChI is InChI=1S/C20H25FN4O2S/c1-26-16-12-17(27-2)24-18(23-16)25-19(28)22-13-20(10-4-3-5-11-20)14-6-8-15(21)9-7-14/h6-9,12H,3-5,10-11,13H2,1-2H3,(H2,22,23,24,25,28). The van der Waals surface area contributed by atoms with Gasteiger partial charge in [-0.3, -0.25) is 0 Å². The molecule has 1 aliphatic rings. The summed E-state index contributed by atoms with van der Waals surface area (Å²) in [5.41, 5.74) is 1.08. The highest BCUT2D eigenvalue weighted by atomic mass is 32.1. The minimum atomic E-state index is -0.219. The highest BCUT2D eigenvalue weighted by Gasteiger charge is 2.34. The number of anilines is 1. The van der Waals surface area contributed by atoms with Gasteiger partial charge < -0.3 is 20.1 Å². The number of halogens is 1. The van der Waals surface area contributed by atoms with Crippen molar-refractivity contribution in [1.82, 2.24) is 15.3 Å². The Bertz CT molecular complexity index is 788. The Morgan fingerprint density at radius 3 is 2.25 bits per heavy atom. The molecule has 2 N–H and O–H groups in total. The van der Waals surface area contributed by atoms with Gasteiger partial charge in [0.15, 0.2) is 5.11 Å². The molecule has 1 fully saturated rings. The number of thiocarbonyl (C=S) groups is 1. The quantitative estimate of drug-likeness (QED) is 0.710. The summed E-state index contributed by atoms with van der Waals surface area (Å²) < 4.78 is 23.7. The first-order valence-corrected chi connectivity index (χ1v) is 9.73. The Balaban J connectivity index is 1.69. The van der Waals surface area contributed by atoms with Crippen LogP contribution in [0.2, 0.25) is 0 Å². The third-order valence-electron chi connectivity index (χ3n) is 5.18. The van der Waals surface area contributed by atoms with E-state index in [4.69, 9.17) is 21.7 Å². The van der Waals surface area contributed by atoms with Crippen molar-refractivity contribution < 1.29 is 13.9 Å². The molecule has 150 valence electrons. The molecule has 1 aromatic carbocycles. The summed E-state index contributed by atoms with van der Waals surface area (Å²) in [5, 5.41) is 6.70. The van der Waals surface area contributed by atoms with Gasteiger partial charge in [-0.2, -0.15) is 9.97 Å². The number of ether oxygens (including phenoxy) is 2. The summed E-state index contributed by atoms with van der Waals surface area (Å²) in [6.07, 6.45) is 5.60. The third kappa shape index (κ3) is 4.86. The molecular weight excluding hydrogens is 379 g/mol. The Morgan fingerprint density at radius 2 is 1.68 bits per heavy atom. The number of nitrogens with one attached hydrogen (secondary N) is 2. The molecule has 3 rings (SSSR count). The molecule has 1 aromatic heterocycles. The van der Waals surface area contributed by atoms with E-state index < -0.39 is 0 Å². The van der Waals surface area contributed by atoms with Crippen molar-refractivity contribution in [2.45, 2.75) is 37.5 Å². The number of hydrogen-bond acceptors (Lipinski definition) is 5. The van der Waals surface area contributed by atoms with Crippen LogP contribution in [0, 0.1) is 5.82 Å². The van der Waals surface area contributed by atoms with Crippen molar-refractivity contribution in [2.24, 2.45) is 0 Å². The number of hydrogen-bond donors (Lipinski definition) is 2. The number of methoxy groups -OCH3 is 2. The predicted octanol–water partition coefficient (Wildman–Crippen LogP) is 3.82. The average Bonchev–Trinajstić information content (AvgIpc) is 2.73. The van der Waals surface area contributed by atoms with E-state index in [1.807, 2.05) is 12.1 Å². The van der Waals surface area contributed by atoms with Gasteiger partial charge in [-0.05, 0) is 42.8 Å². The van der Waals surface area contributed by atoms with Crippen LogP contribution in [-0.4, -0.2) is 35.8 Å². The van der Waals surface area contributed by atoms with Gasteiger partial charge in [-0.25, -0.2) is 4.39 Å². The zero-order valence-electron chi connectivity index (χ0n) is 16.1. The Kier molecular flexibility index (Phi) is 6.61. The molecule has 0 bridgehead atoms. The lowest BCUT2D eigenvalue weighted by Crippen LogP contribution is -2.43. The second-order valence-corrected chi connectivity index (χ2v) is 7.34. The highest BCUT2D eigenvalue weighted by molar-refractivity contribution is 7.80. The lowest BCUT2D eigenvalue weighted by atomic mass is 9.69. The van der Waals surface area contributed by atoms with E-state index in [1.165, 1.54) is 32.8 Å². The lowest BCUT2D eigenvalue weighted by Gasteiger charge is -2.38. The second-order valence-electron chi connectivity index (χ2n) is 6.93. The lowest BCUT2D eigenvalue weighted by molar-refractivity contribution is 0.292. The molecule has 6 nitrogen and oxygen atoms in total. The first-order chi connectivity index (χ1) is 13.5. The molecule has 2 aromatic rings. The summed E-state index contributed by atoms with van der Waals surface area (Å²) in [4.78, 5) is 8.45. The molecule has 0 saturated heterocycles. The van der Waals surface area contributed by atoms with Gasteiger partial charge in [0.05, 0.1) is 20.3 Å². The zero-order chi connectivity index (χ0) is 20.0. The third-order valence-corrected chi connectivity index (χ3v) is 5.42. The first kappa shape index (κ1) is 20.3. The zero-order valence-corrected chi connectivity index (χ0v) is 16.9. The van der Waals surface area contributed by atoms with Gasteiger partial charge in [-0.15, -0.1) is 0 Å². The minimum Gasteiger partial charge on any atom is -0.481 e. The Morgan fingerprint density at radius 1 is 1.07 bits per heavy atom. The van der Waals surface area contributed by atoms with Crippen LogP contribution < -0.4 is 20.1 Å². The van der Waals surface area contributed by atoms with Crippen molar-refractivity contribution in [3.63, 3.8) is 0 Å². The molecule has 1 saturated carbocycles. The van der Waals surface area contributed by atoms with Gasteiger partial charge in [-0.1, -0.05) is 31.4 Å². The molecule has 0 radical (unpaired) electrons. The minimum absolute atomic E-state index is 0.0649. The van der Waals surface area contributed by atoms with Crippen LogP contribution in [0.5, 0.6) is 11.8 Å². The normalized spacial score (nSPS) is 15.5. The molecule has 0 atom stereocenters. The fourth-order valence-corrected chi connectivity index (χ4v) is 3.83. The highest BCUT2D eigenvalue weighted by Crippen LogP contribution is 2.39. The largest absolute Gasteiger partial charge is 0.481 e. The van der Waals surface area contributed by atoms with Crippen molar-refractivity contribution in [1.29, 1.82) is 0 Å². The summed E-state index contributed by atoms with van der Waals surface area (Å²) in [7, 11) is 3.05. The predicted molar refractivity (Wildman–Crippen MR) is 111 cm³/mol. The molecular formula is C20H25FN4O2S. The average molecular weight is 405 g/mol. The van der Waals surface area contributed by atoms with Crippen molar-refractivity contribution >= 4 is 23.3 Å². The summed E-state index contributed by atoms with van der Waals surface area (Å²) in [6, 6.07) is 8.41. The van der Waals surface area contributed by atoms with E-state index in [9.17, 15) is 4.39 Å². The smallest absolute Gasteiger partial charge is 0.235 e. The summed E-state index contributed by atoms with van der Waals surface area (Å²) in [5.74, 6) is 0.844. The van der Waals surface area contributed by atoms with Crippen LogP contribution >= 0.6 is 12.2 Å². The van der Waals surface area contributed by atoms with E-state index in [0.717, 1.165) is 31.2 Å². The molecule has 1 heterocycles. The maximum atomic E-state index is 13.4. The molecule has 0 amide bonds. The van der Waals surface area contributed by atoms with E-state index in [1.54, 1.807) is 6.07 Å². The van der Waals surface area contributed by atoms with Crippen LogP contribution in [0.1, 0.15) is 37.7 Å². The molecule has 0 aliphatic heterocycles. The van der Waals surface area contributed by atoms with Crippen LogP contribution in [0.25, 0.3) is 0 Å². The molecule has 28 heavy (non-hydrogen) atoms. The summed E-state index contributed by atoms with van der Waals surface area (Å²) >= 11 is 5.44. The van der Waals surface area contributed by atoms with Crippen molar-refractivity contribution in [2.75, 3.05) is 26.1 Å². The van der Waals surface area contributed by atoms with Crippen LogP contribution in [0.3, 0.4) is 0 Å². The maximum absolute atomic E-state index is 13.4. The van der Waals surface area contributed by atoms with E-state index >= 15 is 0 Å². The first-order valence-electron chi connectivity index (χ1n) is 9.33. The SMILES string of the molecule is COc1cc(OC)nc(NC(=S)NCC2(c3ccc(F)cc3)CCCCC2)n1. The van der Waals surface area contributed by atoms with Gasteiger partial charge >= 0.3 is 0 Å². The number of rotatable bonds is 6. The topological polar surface area (TPSA) is 68.3 Å².